The van der Waals surface area contributed by atoms with E-state index in [1.54, 1.807) is 6.07 Å². The first-order valence-corrected chi connectivity index (χ1v) is 5.51. The molecule has 0 spiro atoms. The zero-order valence-corrected chi connectivity index (χ0v) is 9.64. The van der Waals surface area contributed by atoms with Crippen molar-refractivity contribution in [3.63, 3.8) is 0 Å². The Kier molecular flexibility index (Phi) is 3.55. The molecule has 1 N–H and O–H groups in total. The van der Waals surface area contributed by atoms with E-state index in [1.807, 2.05) is 37.3 Å². The van der Waals surface area contributed by atoms with E-state index in [9.17, 15) is 4.79 Å². The van der Waals surface area contributed by atoms with E-state index in [2.05, 4.69) is 10.5 Å². The molecule has 1 aromatic carbocycles. The molecule has 0 bridgehead atoms. The molecule has 17 heavy (non-hydrogen) atoms. The monoisotopic (exact) mass is 230 g/mol. The molecule has 4 nitrogen and oxygen atoms in total. The first-order valence-electron chi connectivity index (χ1n) is 5.51. The SMILES string of the molecule is Cc1cc(NCCC(=O)c2ccccc2)no1. The van der Waals surface area contributed by atoms with E-state index < -0.39 is 0 Å². The van der Waals surface area contributed by atoms with Crippen molar-refractivity contribution in [2.75, 3.05) is 11.9 Å². The average Bonchev–Trinajstić information content (AvgIpc) is 2.76. The Morgan fingerprint density at radius 2 is 2.12 bits per heavy atom. The van der Waals surface area contributed by atoms with Crippen molar-refractivity contribution >= 4 is 11.6 Å². The quantitative estimate of drug-likeness (QED) is 0.802. The van der Waals surface area contributed by atoms with Crippen molar-refractivity contribution < 1.29 is 9.32 Å². The summed E-state index contributed by atoms with van der Waals surface area (Å²) in [7, 11) is 0. The van der Waals surface area contributed by atoms with Gasteiger partial charge < -0.3 is 9.84 Å². The Bertz CT molecular complexity index is 491. The molecule has 0 fully saturated rings. The van der Waals surface area contributed by atoms with Gasteiger partial charge in [-0.05, 0) is 6.92 Å². The molecular formula is C13H14N2O2. The number of hydrogen-bond donors (Lipinski definition) is 1. The minimum atomic E-state index is 0.123. The van der Waals surface area contributed by atoms with Crippen molar-refractivity contribution in [2.45, 2.75) is 13.3 Å². The van der Waals surface area contributed by atoms with Crippen molar-refractivity contribution in [1.82, 2.24) is 5.16 Å². The van der Waals surface area contributed by atoms with Crippen LogP contribution in [0.2, 0.25) is 0 Å². The highest BCUT2D eigenvalue weighted by molar-refractivity contribution is 5.96. The van der Waals surface area contributed by atoms with Crippen LogP contribution in [0.15, 0.2) is 40.9 Å². The third kappa shape index (κ3) is 3.17. The summed E-state index contributed by atoms with van der Waals surface area (Å²) in [6.07, 6.45) is 0.440. The van der Waals surface area contributed by atoms with Crippen LogP contribution < -0.4 is 5.32 Å². The Labute approximate surface area is 99.6 Å². The summed E-state index contributed by atoms with van der Waals surface area (Å²) >= 11 is 0. The fourth-order valence-corrected chi connectivity index (χ4v) is 1.52. The van der Waals surface area contributed by atoms with E-state index in [4.69, 9.17) is 4.52 Å². The lowest BCUT2D eigenvalue weighted by atomic mass is 10.1. The van der Waals surface area contributed by atoms with Crippen LogP contribution in [-0.4, -0.2) is 17.5 Å². The molecule has 0 radical (unpaired) electrons. The lowest BCUT2D eigenvalue weighted by Gasteiger charge is -2.01. The summed E-state index contributed by atoms with van der Waals surface area (Å²) < 4.78 is 4.91. The van der Waals surface area contributed by atoms with Crippen LogP contribution in [0.25, 0.3) is 0 Å². The lowest BCUT2D eigenvalue weighted by Crippen LogP contribution is -2.08. The highest BCUT2D eigenvalue weighted by Crippen LogP contribution is 2.08. The van der Waals surface area contributed by atoms with Gasteiger partial charge in [0.25, 0.3) is 0 Å². The van der Waals surface area contributed by atoms with Crippen LogP contribution in [0.5, 0.6) is 0 Å². The van der Waals surface area contributed by atoms with Crippen LogP contribution in [0.3, 0.4) is 0 Å². The van der Waals surface area contributed by atoms with Gasteiger partial charge in [-0.25, -0.2) is 0 Å². The topological polar surface area (TPSA) is 55.1 Å². The fourth-order valence-electron chi connectivity index (χ4n) is 1.52. The number of rotatable bonds is 5. The van der Waals surface area contributed by atoms with Crippen LogP contribution in [-0.2, 0) is 0 Å². The molecule has 0 unspecified atom stereocenters. The Hall–Kier alpha value is -2.10. The second-order valence-electron chi connectivity index (χ2n) is 3.79. The van der Waals surface area contributed by atoms with Gasteiger partial charge in [-0.3, -0.25) is 4.79 Å². The zero-order valence-electron chi connectivity index (χ0n) is 9.64. The molecule has 0 atom stereocenters. The predicted molar refractivity (Wildman–Crippen MR) is 65.1 cm³/mol. The number of nitrogens with zero attached hydrogens (tertiary/aromatic N) is 1. The summed E-state index contributed by atoms with van der Waals surface area (Å²) in [5.41, 5.74) is 0.741. The maximum absolute atomic E-state index is 11.8. The third-order valence-corrected chi connectivity index (χ3v) is 2.38. The molecule has 0 saturated carbocycles. The average molecular weight is 230 g/mol. The van der Waals surface area contributed by atoms with Gasteiger partial charge in [-0.2, -0.15) is 0 Å². The number of carbonyl (C=O) groups is 1. The summed E-state index contributed by atoms with van der Waals surface area (Å²) in [6, 6.07) is 11.1. The predicted octanol–water partition coefficient (Wildman–Crippen LogP) is 2.67. The number of Topliss-reactive ketones (excluding diaryl/α,β-unsaturated/α-hetero) is 1. The molecule has 2 rings (SSSR count). The van der Waals surface area contributed by atoms with Gasteiger partial charge in [-0.15, -0.1) is 0 Å². The first kappa shape index (κ1) is 11.4. The van der Waals surface area contributed by atoms with Crippen LogP contribution in [0.1, 0.15) is 22.5 Å². The zero-order chi connectivity index (χ0) is 12.1. The van der Waals surface area contributed by atoms with E-state index in [0.29, 0.717) is 18.8 Å². The molecule has 0 saturated heterocycles. The van der Waals surface area contributed by atoms with Gasteiger partial charge >= 0.3 is 0 Å². The molecule has 0 aliphatic carbocycles. The maximum Gasteiger partial charge on any atom is 0.169 e. The van der Waals surface area contributed by atoms with Crippen molar-refractivity contribution in [1.29, 1.82) is 0 Å². The molecule has 0 aliphatic heterocycles. The smallest absolute Gasteiger partial charge is 0.169 e. The molecule has 4 heteroatoms. The molecule has 88 valence electrons. The van der Waals surface area contributed by atoms with Crippen molar-refractivity contribution in [3.05, 3.63) is 47.7 Å². The van der Waals surface area contributed by atoms with Crippen LogP contribution in [0, 0.1) is 6.92 Å². The largest absolute Gasteiger partial charge is 0.367 e. The Morgan fingerprint density at radius 3 is 2.76 bits per heavy atom. The van der Waals surface area contributed by atoms with E-state index in [-0.39, 0.29) is 5.78 Å². The van der Waals surface area contributed by atoms with Gasteiger partial charge in [0.2, 0.25) is 0 Å². The highest BCUT2D eigenvalue weighted by atomic mass is 16.5. The molecule has 2 aromatic rings. The number of aromatic nitrogens is 1. The highest BCUT2D eigenvalue weighted by Gasteiger charge is 2.05. The summed E-state index contributed by atoms with van der Waals surface area (Å²) in [5, 5.41) is 6.83. The van der Waals surface area contributed by atoms with E-state index in [0.717, 1.165) is 11.3 Å². The van der Waals surface area contributed by atoms with Gasteiger partial charge in [0.15, 0.2) is 11.6 Å². The standard InChI is InChI=1S/C13H14N2O2/c1-10-9-13(15-17-10)14-8-7-12(16)11-5-3-2-4-6-11/h2-6,9H,7-8H2,1H3,(H,14,15). The van der Waals surface area contributed by atoms with Crippen molar-refractivity contribution in [2.24, 2.45) is 0 Å². The minimum Gasteiger partial charge on any atom is -0.367 e. The number of aryl methyl sites for hydroxylation is 1. The second kappa shape index (κ2) is 5.30. The number of ketones is 1. The summed E-state index contributed by atoms with van der Waals surface area (Å²) in [5.74, 6) is 1.54. The number of benzene rings is 1. The van der Waals surface area contributed by atoms with Gasteiger partial charge in [0, 0.05) is 24.6 Å². The normalized spacial score (nSPS) is 10.2. The number of anilines is 1. The van der Waals surface area contributed by atoms with E-state index >= 15 is 0 Å². The second-order valence-corrected chi connectivity index (χ2v) is 3.79. The maximum atomic E-state index is 11.8. The molecular weight excluding hydrogens is 216 g/mol. The Balaban J connectivity index is 1.81. The molecule has 0 amide bonds. The lowest BCUT2D eigenvalue weighted by molar-refractivity contribution is 0.0986. The number of carbonyl (C=O) groups excluding carboxylic acids is 1. The first-order chi connectivity index (χ1) is 8.25. The van der Waals surface area contributed by atoms with Crippen LogP contribution >= 0.6 is 0 Å². The van der Waals surface area contributed by atoms with Gasteiger partial charge in [-0.1, -0.05) is 35.5 Å². The minimum absolute atomic E-state index is 0.123. The van der Waals surface area contributed by atoms with Gasteiger partial charge in [0.05, 0.1) is 0 Å². The fraction of sp³-hybridized carbons (Fsp3) is 0.231. The number of hydrogen-bond acceptors (Lipinski definition) is 4. The number of nitrogens with one attached hydrogen (secondary N) is 1. The van der Waals surface area contributed by atoms with E-state index in [1.165, 1.54) is 0 Å². The third-order valence-electron chi connectivity index (χ3n) is 2.38. The summed E-state index contributed by atoms with van der Waals surface area (Å²) in [6.45, 7) is 2.38. The Morgan fingerprint density at radius 1 is 1.35 bits per heavy atom. The molecule has 1 heterocycles. The van der Waals surface area contributed by atoms with Crippen LogP contribution in [0.4, 0.5) is 5.82 Å². The summed E-state index contributed by atoms with van der Waals surface area (Å²) in [4.78, 5) is 11.8. The van der Waals surface area contributed by atoms with Crippen molar-refractivity contribution in [3.8, 4) is 0 Å². The molecule has 1 aromatic heterocycles. The van der Waals surface area contributed by atoms with Gasteiger partial charge in [0.1, 0.15) is 5.76 Å². The molecule has 0 aliphatic rings.